The highest BCUT2D eigenvalue weighted by Crippen LogP contribution is 2.24. The zero-order valence-electron chi connectivity index (χ0n) is 15.7. The SMILES string of the molecule is COCCn1c(=NS(=O)(=O)c2ccc(OC)cc2)sc2c(C)cc(C)cc21. The van der Waals surface area contributed by atoms with Gasteiger partial charge in [0.1, 0.15) is 5.75 Å². The van der Waals surface area contributed by atoms with Crippen LogP contribution in [0.15, 0.2) is 45.7 Å². The normalized spacial score (nSPS) is 12.7. The maximum atomic E-state index is 12.8. The molecular weight excluding hydrogens is 384 g/mol. The molecule has 0 radical (unpaired) electrons. The molecule has 0 saturated heterocycles. The van der Waals surface area contributed by atoms with Crippen LogP contribution in [0.25, 0.3) is 10.2 Å². The van der Waals surface area contributed by atoms with Gasteiger partial charge in [0, 0.05) is 13.7 Å². The van der Waals surface area contributed by atoms with Crippen LogP contribution in [0.4, 0.5) is 0 Å². The minimum absolute atomic E-state index is 0.131. The molecule has 3 rings (SSSR count). The first-order valence-electron chi connectivity index (χ1n) is 8.40. The van der Waals surface area contributed by atoms with Crippen molar-refractivity contribution in [2.45, 2.75) is 25.3 Å². The highest BCUT2D eigenvalue weighted by atomic mass is 32.2. The van der Waals surface area contributed by atoms with E-state index in [0.717, 1.165) is 21.3 Å². The van der Waals surface area contributed by atoms with Gasteiger partial charge >= 0.3 is 0 Å². The van der Waals surface area contributed by atoms with Gasteiger partial charge in [-0.3, -0.25) is 0 Å². The van der Waals surface area contributed by atoms with Gasteiger partial charge in [-0.25, -0.2) is 0 Å². The first-order valence-corrected chi connectivity index (χ1v) is 10.7. The summed E-state index contributed by atoms with van der Waals surface area (Å²) in [5, 5.41) is 0. The average Bonchev–Trinajstić information content (AvgIpc) is 2.97. The van der Waals surface area contributed by atoms with Gasteiger partial charge in [0.15, 0.2) is 0 Å². The van der Waals surface area contributed by atoms with E-state index in [1.165, 1.54) is 30.6 Å². The average molecular weight is 407 g/mol. The van der Waals surface area contributed by atoms with Crippen LogP contribution < -0.4 is 9.54 Å². The Balaban J connectivity index is 2.20. The maximum absolute atomic E-state index is 12.8. The minimum atomic E-state index is -3.84. The number of hydrogen-bond donors (Lipinski definition) is 0. The molecule has 6 nitrogen and oxygen atoms in total. The van der Waals surface area contributed by atoms with Crippen molar-refractivity contribution in [3.63, 3.8) is 0 Å². The highest BCUT2D eigenvalue weighted by molar-refractivity contribution is 7.90. The van der Waals surface area contributed by atoms with Gasteiger partial charge in [0.05, 0.1) is 28.8 Å². The molecule has 0 aliphatic rings. The van der Waals surface area contributed by atoms with Crippen LogP contribution in [-0.2, 0) is 21.3 Å². The second-order valence-electron chi connectivity index (χ2n) is 6.20. The van der Waals surface area contributed by atoms with E-state index in [2.05, 4.69) is 10.5 Å². The molecule has 0 unspecified atom stereocenters. The summed E-state index contributed by atoms with van der Waals surface area (Å²) in [5.41, 5.74) is 3.19. The molecule has 0 fully saturated rings. The number of aromatic nitrogens is 1. The van der Waals surface area contributed by atoms with Crippen molar-refractivity contribution in [1.82, 2.24) is 4.57 Å². The second-order valence-corrected chi connectivity index (χ2v) is 8.78. The van der Waals surface area contributed by atoms with Crippen LogP contribution >= 0.6 is 11.3 Å². The van der Waals surface area contributed by atoms with Gasteiger partial charge in [-0.05, 0) is 55.3 Å². The smallest absolute Gasteiger partial charge is 0.285 e. The molecule has 0 bridgehead atoms. The van der Waals surface area contributed by atoms with Crippen molar-refractivity contribution < 1.29 is 17.9 Å². The predicted molar refractivity (Wildman–Crippen MR) is 107 cm³/mol. The first kappa shape index (κ1) is 19.6. The molecule has 27 heavy (non-hydrogen) atoms. The topological polar surface area (TPSA) is 69.9 Å². The van der Waals surface area contributed by atoms with Gasteiger partial charge in [0.2, 0.25) is 4.80 Å². The Bertz CT molecular complexity index is 1130. The van der Waals surface area contributed by atoms with Gasteiger partial charge in [-0.1, -0.05) is 17.4 Å². The number of aryl methyl sites for hydroxylation is 2. The third kappa shape index (κ3) is 4.07. The molecule has 3 aromatic rings. The number of ether oxygens (including phenoxy) is 2. The van der Waals surface area contributed by atoms with E-state index in [9.17, 15) is 8.42 Å². The van der Waals surface area contributed by atoms with Gasteiger partial charge in [-0.15, -0.1) is 4.40 Å². The maximum Gasteiger partial charge on any atom is 0.285 e. The van der Waals surface area contributed by atoms with Crippen LogP contribution in [0, 0.1) is 13.8 Å². The lowest BCUT2D eigenvalue weighted by Crippen LogP contribution is -2.19. The molecule has 1 aromatic heterocycles. The number of fused-ring (bicyclic) bond motifs is 1. The third-order valence-corrected chi connectivity index (χ3v) is 6.82. The fraction of sp³-hybridized carbons (Fsp3) is 0.316. The van der Waals surface area contributed by atoms with Gasteiger partial charge < -0.3 is 14.0 Å². The largest absolute Gasteiger partial charge is 0.497 e. The van der Waals surface area contributed by atoms with Crippen LogP contribution in [0.3, 0.4) is 0 Å². The van der Waals surface area contributed by atoms with Crippen LogP contribution in [0.1, 0.15) is 11.1 Å². The summed E-state index contributed by atoms with van der Waals surface area (Å²) in [4.78, 5) is 0.568. The zero-order chi connectivity index (χ0) is 19.6. The van der Waals surface area contributed by atoms with E-state index >= 15 is 0 Å². The number of methoxy groups -OCH3 is 2. The van der Waals surface area contributed by atoms with Gasteiger partial charge in [-0.2, -0.15) is 8.42 Å². The standard InChI is InChI=1S/C19H22N2O4S2/c1-13-11-14(2)18-17(12-13)21(9-10-24-3)19(26-18)20-27(22,23)16-7-5-15(25-4)6-8-16/h5-8,11-12H,9-10H2,1-4H3. The van der Waals surface area contributed by atoms with Crippen molar-refractivity contribution >= 4 is 31.6 Å². The molecule has 0 atom stereocenters. The van der Waals surface area contributed by atoms with E-state index in [4.69, 9.17) is 9.47 Å². The summed E-state index contributed by atoms with van der Waals surface area (Å²) in [5.74, 6) is 0.595. The monoisotopic (exact) mass is 406 g/mol. The molecular formula is C19H22N2O4S2. The minimum Gasteiger partial charge on any atom is -0.497 e. The van der Waals surface area contributed by atoms with E-state index in [0.29, 0.717) is 23.7 Å². The lowest BCUT2D eigenvalue weighted by atomic mass is 10.1. The van der Waals surface area contributed by atoms with Crippen LogP contribution in [-0.4, -0.2) is 33.8 Å². The molecule has 0 N–H and O–H groups in total. The van der Waals surface area contributed by atoms with Crippen molar-refractivity contribution in [2.75, 3.05) is 20.8 Å². The molecule has 0 spiro atoms. The Kier molecular flexibility index (Phi) is 5.69. The van der Waals surface area contributed by atoms with Crippen molar-refractivity contribution in [3.05, 3.63) is 52.3 Å². The lowest BCUT2D eigenvalue weighted by molar-refractivity contribution is 0.187. The Hall–Kier alpha value is -2.16. The Morgan fingerprint density at radius 2 is 1.81 bits per heavy atom. The quantitative estimate of drug-likeness (QED) is 0.630. The van der Waals surface area contributed by atoms with E-state index in [-0.39, 0.29) is 4.90 Å². The number of benzene rings is 2. The first-order chi connectivity index (χ1) is 12.9. The molecule has 0 aliphatic carbocycles. The summed E-state index contributed by atoms with van der Waals surface area (Å²) < 4.78 is 43.0. The highest BCUT2D eigenvalue weighted by Gasteiger charge is 2.16. The number of hydrogen-bond acceptors (Lipinski definition) is 5. The Labute approximate surface area is 162 Å². The second kappa shape index (κ2) is 7.84. The zero-order valence-corrected chi connectivity index (χ0v) is 17.4. The molecule has 0 saturated carbocycles. The Morgan fingerprint density at radius 3 is 2.44 bits per heavy atom. The summed E-state index contributed by atoms with van der Waals surface area (Å²) in [6.07, 6.45) is 0. The van der Waals surface area contributed by atoms with Crippen molar-refractivity contribution in [1.29, 1.82) is 0 Å². The Morgan fingerprint density at radius 1 is 1.11 bits per heavy atom. The number of thiazole rings is 1. The van der Waals surface area contributed by atoms with Gasteiger partial charge in [0.25, 0.3) is 10.0 Å². The fourth-order valence-corrected chi connectivity index (χ4v) is 5.19. The fourth-order valence-electron chi connectivity index (χ4n) is 2.88. The van der Waals surface area contributed by atoms with E-state index in [1.54, 1.807) is 19.2 Å². The summed E-state index contributed by atoms with van der Waals surface area (Å²) in [7, 11) is -0.681. The third-order valence-electron chi connectivity index (χ3n) is 4.19. The molecule has 144 valence electrons. The number of rotatable bonds is 6. The summed E-state index contributed by atoms with van der Waals surface area (Å²) in [6.45, 7) is 5.04. The van der Waals surface area contributed by atoms with Crippen LogP contribution in [0.5, 0.6) is 5.75 Å². The molecule has 2 aromatic carbocycles. The van der Waals surface area contributed by atoms with Crippen molar-refractivity contribution in [3.8, 4) is 5.75 Å². The lowest BCUT2D eigenvalue weighted by Gasteiger charge is -2.06. The number of sulfonamides is 1. The van der Waals surface area contributed by atoms with E-state index in [1.807, 2.05) is 24.5 Å². The number of nitrogens with zero attached hydrogens (tertiary/aromatic N) is 2. The molecule has 0 amide bonds. The van der Waals surface area contributed by atoms with E-state index < -0.39 is 10.0 Å². The molecule has 1 heterocycles. The molecule has 8 heteroatoms. The summed E-state index contributed by atoms with van der Waals surface area (Å²) in [6, 6.07) is 10.4. The predicted octanol–water partition coefficient (Wildman–Crippen LogP) is 3.26. The molecule has 0 aliphatic heterocycles. The summed E-state index contributed by atoms with van der Waals surface area (Å²) >= 11 is 1.38. The van der Waals surface area contributed by atoms with Crippen molar-refractivity contribution in [2.24, 2.45) is 4.40 Å². The van der Waals surface area contributed by atoms with Crippen LogP contribution in [0.2, 0.25) is 0 Å².